The van der Waals surface area contributed by atoms with Crippen molar-refractivity contribution >= 4 is 23.1 Å². The van der Waals surface area contributed by atoms with Gasteiger partial charge in [0.1, 0.15) is 5.82 Å². The first kappa shape index (κ1) is 11.9. The molecule has 1 aliphatic rings. The van der Waals surface area contributed by atoms with Crippen molar-refractivity contribution < 1.29 is 4.79 Å². The summed E-state index contributed by atoms with van der Waals surface area (Å²) in [6.07, 6.45) is 3.16. The number of thiocarbonyl (C=S) groups is 1. The number of nitrogens with two attached hydrogens (primary N) is 1. The zero-order valence-corrected chi connectivity index (χ0v) is 10.4. The second-order valence-electron chi connectivity index (χ2n) is 4.22. The Balaban J connectivity index is 1.95. The van der Waals surface area contributed by atoms with Gasteiger partial charge in [0.05, 0.1) is 22.6 Å². The zero-order valence-electron chi connectivity index (χ0n) is 9.56. The molecule has 6 heteroatoms. The van der Waals surface area contributed by atoms with Gasteiger partial charge in [-0.2, -0.15) is 0 Å². The molecular formula is C11H14N4OS. The van der Waals surface area contributed by atoms with Crippen LogP contribution in [0.3, 0.4) is 0 Å². The summed E-state index contributed by atoms with van der Waals surface area (Å²) >= 11 is 4.91. The third kappa shape index (κ3) is 2.41. The van der Waals surface area contributed by atoms with E-state index >= 15 is 0 Å². The van der Waals surface area contributed by atoms with Gasteiger partial charge in [-0.1, -0.05) is 12.2 Å². The maximum atomic E-state index is 11.9. The summed E-state index contributed by atoms with van der Waals surface area (Å²) in [5, 5.41) is 2.81. The number of carbonyl (C=O) groups is 1. The van der Waals surface area contributed by atoms with Crippen molar-refractivity contribution in [3.05, 3.63) is 23.8 Å². The topological polar surface area (TPSA) is 80.9 Å². The van der Waals surface area contributed by atoms with Gasteiger partial charge in [-0.25, -0.2) is 9.97 Å². The molecule has 1 amide bonds. The molecule has 0 aliphatic heterocycles. The number of hydrogen-bond acceptors (Lipinski definition) is 4. The number of carbonyl (C=O) groups excluding carboxylic acids is 1. The fourth-order valence-electron chi connectivity index (χ4n) is 1.65. The molecule has 17 heavy (non-hydrogen) atoms. The first-order valence-corrected chi connectivity index (χ1v) is 5.82. The molecule has 0 radical (unpaired) electrons. The van der Waals surface area contributed by atoms with Crippen LogP contribution in [-0.4, -0.2) is 20.9 Å². The predicted octanol–water partition coefficient (Wildman–Crippen LogP) is 0.468. The average molecular weight is 250 g/mol. The minimum absolute atomic E-state index is 0.0961. The number of rotatable bonds is 4. The molecule has 90 valence electrons. The van der Waals surface area contributed by atoms with Crippen LogP contribution in [0.15, 0.2) is 12.3 Å². The highest BCUT2D eigenvalue weighted by molar-refractivity contribution is 7.80. The molecule has 0 atom stereocenters. The van der Waals surface area contributed by atoms with E-state index in [1.807, 2.05) is 6.92 Å². The summed E-state index contributed by atoms with van der Waals surface area (Å²) in [6.45, 7) is 2.19. The van der Waals surface area contributed by atoms with Crippen LogP contribution in [0.25, 0.3) is 0 Å². The van der Waals surface area contributed by atoms with Crippen molar-refractivity contribution in [1.29, 1.82) is 0 Å². The molecular weight excluding hydrogens is 236 g/mol. The Kier molecular flexibility index (Phi) is 3.06. The Morgan fingerprint density at radius 2 is 2.35 bits per heavy atom. The van der Waals surface area contributed by atoms with Crippen molar-refractivity contribution in [1.82, 2.24) is 15.3 Å². The Morgan fingerprint density at radius 1 is 1.65 bits per heavy atom. The zero-order chi connectivity index (χ0) is 12.5. The van der Waals surface area contributed by atoms with E-state index in [9.17, 15) is 4.79 Å². The lowest BCUT2D eigenvalue weighted by Gasteiger charge is -2.13. The Morgan fingerprint density at radius 3 is 2.88 bits per heavy atom. The van der Waals surface area contributed by atoms with Crippen molar-refractivity contribution in [3.63, 3.8) is 0 Å². The standard InChI is InChI=1S/C11H14N4OS/c1-7-13-5-2-8(15-7)6-14-10(16)11(3-4-11)9(12)17/h2,5H,3-4,6H2,1H3,(H2,12,17)(H,14,16). The third-order valence-corrected chi connectivity index (χ3v) is 3.31. The maximum absolute atomic E-state index is 11.9. The molecule has 1 aromatic rings. The van der Waals surface area contributed by atoms with E-state index in [0.29, 0.717) is 12.4 Å². The summed E-state index contributed by atoms with van der Waals surface area (Å²) in [6, 6.07) is 1.77. The molecule has 3 N–H and O–H groups in total. The van der Waals surface area contributed by atoms with E-state index in [4.69, 9.17) is 18.0 Å². The molecule has 0 bridgehead atoms. The molecule has 2 rings (SSSR count). The van der Waals surface area contributed by atoms with E-state index < -0.39 is 5.41 Å². The van der Waals surface area contributed by atoms with Crippen molar-refractivity contribution in [3.8, 4) is 0 Å². The predicted molar refractivity (Wildman–Crippen MR) is 67.1 cm³/mol. The van der Waals surface area contributed by atoms with Crippen LogP contribution in [-0.2, 0) is 11.3 Å². The fourth-order valence-corrected chi connectivity index (χ4v) is 1.95. The quantitative estimate of drug-likeness (QED) is 0.759. The first-order chi connectivity index (χ1) is 8.04. The highest BCUT2D eigenvalue weighted by atomic mass is 32.1. The second kappa shape index (κ2) is 4.37. The van der Waals surface area contributed by atoms with E-state index in [1.165, 1.54) is 0 Å². The van der Waals surface area contributed by atoms with Gasteiger partial charge < -0.3 is 11.1 Å². The van der Waals surface area contributed by atoms with Crippen LogP contribution in [0.1, 0.15) is 24.4 Å². The van der Waals surface area contributed by atoms with Gasteiger partial charge in [0.2, 0.25) is 5.91 Å². The highest BCUT2D eigenvalue weighted by Gasteiger charge is 2.52. The SMILES string of the molecule is Cc1nccc(CNC(=O)C2(C(N)=S)CC2)n1. The first-order valence-electron chi connectivity index (χ1n) is 5.41. The van der Waals surface area contributed by atoms with Gasteiger partial charge in [-0.05, 0) is 25.8 Å². The lowest BCUT2D eigenvalue weighted by atomic mass is 10.1. The minimum atomic E-state index is -0.600. The van der Waals surface area contributed by atoms with Crippen LogP contribution >= 0.6 is 12.2 Å². The van der Waals surface area contributed by atoms with Gasteiger partial charge >= 0.3 is 0 Å². The molecule has 0 saturated heterocycles. The molecule has 1 saturated carbocycles. The van der Waals surface area contributed by atoms with Crippen LogP contribution in [0.5, 0.6) is 0 Å². The van der Waals surface area contributed by atoms with E-state index in [-0.39, 0.29) is 10.9 Å². The van der Waals surface area contributed by atoms with Gasteiger partial charge in [-0.3, -0.25) is 4.79 Å². The minimum Gasteiger partial charge on any atom is -0.392 e. The van der Waals surface area contributed by atoms with Gasteiger partial charge in [-0.15, -0.1) is 0 Å². The second-order valence-corrected chi connectivity index (χ2v) is 4.66. The monoisotopic (exact) mass is 250 g/mol. The molecule has 1 aromatic heterocycles. The summed E-state index contributed by atoms with van der Waals surface area (Å²) in [7, 11) is 0. The number of aromatic nitrogens is 2. The largest absolute Gasteiger partial charge is 0.392 e. The van der Waals surface area contributed by atoms with Crippen LogP contribution in [0, 0.1) is 12.3 Å². The normalized spacial score (nSPS) is 16.3. The smallest absolute Gasteiger partial charge is 0.233 e. The molecule has 1 fully saturated rings. The number of hydrogen-bond donors (Lipinski definition) is 2. The molecule has 5 nitrogen and oxygen atoms in total. The Hall–Kier alpha value is -1.56. The third-order valence-electron chi connectivity index (χ3n) is 2.92. The molecule has 0 aromatic carbocycles. The lowest BCUT2D eigenvalue weighted by molar-refractivity contribution is -0.124. The summed E-state index contributed by atoms with van der Waals surface area (Å²) in [5.41, 5.74) is 5.75. The number of amides is 1. The van der Waals surface area contributed by atoms with Crippen molar-refractivity contribution in [2.24, 2.45) is 11.1 Å². The van der Waals surface area contributed by atoms with Gasteiger partial charge in [0.25, 0.3) is 0 Å². The molecule has 0 unspecified atom stereocenters. The van der Waals surface area contributed by atoms with E-state index in [0.717, 1.165) is 18.5 Å². The van der Waals surface area contributed by atoms with E-state index in [2.05, 4.69) is 15.3 Å². The van der Waals surface area contributed by atoms with Gasteiger partial charge in [0.15, 0.2) is 0 Å². The Labute approximate surface area is 105 Å². The number of aryl methyl sites for hydroxylation is 1. The lowest BCUT2D eigenvalue weighted by Crippen LogP contribution is -2.39. The van der Waals surface area contributed by atoms with E-state index in [1.54, 1.807) is 12.3 Å². The van der Waals surface area contributed by atoms with Crippen molar-refractivity contribution in [2.45, 2.75) is 26.3 Å². The molecule has 1 aliphatic carbocycles. The van der Waals surface area contributed by atoms with Crippen LogP contribution < -0.4 is 11.1 Å². The number of nitrogens with one attached hydrogen (secondary N) is 1. The number of nitrogens with zero attached hydrogens (tertiary/aromatic N) is 2. The maximum Gasteiger partial charge on any atom is 0.233 e. The fraction of sp³-hybridized carbons (Fsp3) is 0.455. The summed E-state index contributed by atoms with van der Waals surface area (Å²) in [5.74, 6) is 0.591. The van der Waals surface area contributed by atoms with Crippen LogP contribution in [0.4, 0.5) is 0 Å². The van der Waals surface area contributed by atoms with Crippen molar-refractivity contribution in [2.75, 3.05) is 0 Å². The highest BCUT2D eigenvalue weighted by Crippen LogP contribution is 2.46. The Bertz CT molecular complexity index is 470. The van der Waals surface area contributed by atoms with Crippen LogP contribution in [0.2, 0.25) is 0 Å². The summed E-state index contributed by atoms with van der Waals surface area (Å²) in [4.78, 5) is 20.4. The molecule has 1 heterocycles. The summed E-state index contributed by atoms with van der Waals surface area (Å²) < 4.78 is 0. The van der Waals surface area contributed by atoms with Gasteiger partial charge in [0, 0.05) is 6.20 Å². The molecule has 0 spiro atoms. The average Bonchev–Trinajstić information content (AvgIpc) is 3.07.